The zero-order valence-corrected chi connectivity index (χ0v) is 4.79. The summed E-state index contributed by atoms with van der Waals surface area (Å²) in [4.78, 5) is 23.9. The second-order valence-electron chi connectivity index (χ2n) is 1.10. The van der Waals surface area contributed by atoms with Crippen molar-refractivity contribution in [3.63, 3.8) is 0 Å². The molecule has 5 nitrogen and oxygen atoms in total. The van der Waals surface area contributed by atoms with Crippen LogP contribution in [-0.4, -0.2) is 26.1 Å². The average molecular weight is 130 g/mol. The Morgan fingerprint density at radius 3 is 2.33 bits per heavy atom. The van der Waals surface area contributed by atoms with E-state index >= 15 is 0 Å². The van der Waals surface area contributed by atoms with Crippen LogP contribution in [0.15, 0.2) is 0 Å². The minimum Gasteiger partial charge on any atom is -0.477 e. The number of rotatable bonds is 2. The van der Waals surface area contributed by atoms with Crippen molar-refractivity contribution in [2.45, 2.75) is 0 Å². The Bertz CT molecular complexity index is 111. The van der Waals surface area contributed by atoms with Gasteiger partial charge < -0.3 is 9.57 Å². The van der Waals surface area contributed by atoms with Crippen LogP contribution in [0.25, 0.3) is 0 Å². The molecule has 0 aliphatic heterocycles. The normalized spacial score (nSPS) is 7.78. The fraction of sp³-hybridized carbons (Fsp3) is 0.333. The summed E-state index contributed by atoms with van der Waals surface area (Å²) in [5, 5.41) is 0. The van der Waals surface area contributed by atoms with Crippen LogP contribution in [0.5, 0.6) is 0 Å². The fourth-order valence-electron chi connectivity index (χ4n) is 0.189. The number of carbonyl (C=O) groups excluding carboxylic acids is 2. The molecule has 49 valence electrons. The van der Waals surface area contributed by atoms with E-state index in [0.717, 1.165) is 7.11 Å². The van der Waals surface area contributed by atoms with E-state index in [0.29, 0.717) is 7.28 Å². The lowest BCUT2D eigenvalue weighted by atomic mass is 9.79. The molecular formula is C3H5BNO4. The van der Waals surface area contributed by atoms with E-state index in [1.807, 2.05) is 0 Å². The Hall–Kier alpha value is -1.04. The first-order valence-electron chi connectivity index (χ1n) is 2.04. The Morgan fingerprint density at radius 1 is 1.44 bits per heavy atom. The summed E-state index contributed by atoms with van der Waals surface area (Å²) in [6, 6.07) is 0. The van der Waals surface area contributed by atoms with E-state index in [1.165, 1.54) is 0 Å². The second kappa shape index (κ2) is 3.91. The number of methoxy groups -OCH3 is 1. The third kappa shape index (κ3) is 3.54. The van der Waals surface area contributed by atoms with Crippen LogP contribution in [0.4, 0.5) is 9.59 Å². The van der Waals surface area contributed by atoms with Gasteiger partial charge in [0.05, 0.1) is 7.11 Å². The first-order valence-corrected chi connectivity index (χ1v) is 2.04. The Morgan fingerprint density at radius 2 is 2.00 bits per heavy atom. The van der Waals surface area contributed by atoms with Crippen LogP contribution in [0.3, 0.4) is 0 Å². The van der Waals surface area contributed by atoms with Crippen LogP contribution >= 0.6 is 0 Å². The van der Waals surface area contributed by atoms with Crippen molar-refractivity contribution in [3.8, 4) is 0 Å². The van der Waals surface area contributed by atoms with Gasteiger partial charge in [-0.25, -0.2) is 0 Å². The highest BCUT2D eigenvalue weighted by Crippen LogP contribution is 1.77. The maximum absolute atomic E-state index is 10.1. The lowest BCUT2D eigenvalue weighted by Gasteiger charge is -1.93. The molecule has 2 N–H and O–H groups in total. The molecule has 9 heavy (non-hydrogen) atoms. The van der Waals surface area contributed by atoms with Gasteiger partial charge in [-0.2, -0.15) is 5.90 Å². The second-order valence-corrected chi connectivity index (χ2v) is 1.10. The first kappa shape index (κ1) is 7.96. The summed E-state index contributed by atoms with van der Waals surface area (Å²) < 4.78 is 4.07. The maximum atomic E-state index is 10.1. The van der Waals surface area contributed by atoms with Crippen molar-refractivity contribution < 1.29 is 19.2 Å². The highest BCUT2D eigenvalue weighted by atomic mass is 16.7. The summed E-state index contributed by atoms with van der Waals surface area (Å²) in [6.07, 6.45) is 0. The largest absolute Gasteiger partial charge is 0.477 e. The summed E-state index contributed by atoms with van der Waals surface area (Å²) in [6.45, 7) is 0. The summed E-state index contributed by atoms with van der Waals surface area (Å²) in [5.74, 6) is 2.67. The Labute approximate surface area is 52.3 Å². The molecule has 0 rings (SSSR count). The molecule has 0 aromatic carbocycles. The minimum absolute atomic E-state index is 0.597. The predicted molar refractivity (Wildman–Crippen MR) is 28.8 cm³/mol. The van der Waals surface area contributed by atoms with Crippen molar-refractivity contribution in [3.05, 3.63) is 0 Å². The third-order valence-corrected chi connectivity index (χ3v) is 0.553. The highest BCUT2D eigenvalue weighted by molar-refractivity contribution is 6.94. The standard InChI is InChI=1S/C3H5BNO4/c1-8-2(6)4-3(7)9-5/h5H2,1H3. The fourth-order valence-corrected chi connectivity index (χ4v) is 0.189. The zero-order valence-electron chi connectivity index (χ0n) is 4.79. The molecular weight excluding hydrogens is 125 g/mol. The van der Waals surface area contributed by atoms with Crippen molar-refractivity contribution in [2.24, 2.45) is 5.90 Å². The molecule has 0 atom stereocenters. The zero-order chi connectivity index (χ0) is 7.28. The Balaban J connectivity index is 3.47. The number of nitrogens with two attached hydrogens (primary N) is 1. The van der Waals surface area contributed by atoms with E-state index < -0.39 is 11.7 Å². The van der Waals surface area contributed by atoms with E-state index in [9.17, 15) is 9.59 Å². The lowest BCUT2D eigenvalue weighted by molar-refractivity contribution is 0.172. The van der Waals surface area contributed by atoms with E-state index in [-0.39, 0.29) is 0 Å². The molecule has 0 amide bonds. The van der Waals surface area contributed by atoms with Gasteiger partial charge >= 0.3 is 7.28 Å². The van der Waals surface area contributed by atoms with Gasteiger partial charge in [0.15, 0.2) is 0 Å². The van der Waals surface area contributed by atoms with Crippen LogP contribution < -0.4 is 5.90 Å². The predicted octanol–water partition coefficient (Wildman–Crippen LogP) is -0.533. The van der Waals surface area contributed by atoms with Gasteiger partial charge in [0.25, 0.3) is 11.7 Å². The number of hydrogen-bond acceptors (Lipinski definition) is 5. The molecule has 0 saturated carbocycles. The number of ether oxygens (including phenoxy) is 1. The Kier molecular flexibility index (Phi) is 3.46. The monoisotopic (exact) mass is 130 g/mol. The molecule has 0 aromatic heterocycles. The molecule has 1 radical (unpaired) electrons. The van der Waals surface area contributed by atoms with Crippen molar-refractivity contribution in [1.82, 2.24) is 0 Å². The van der Waals surface area contributed by atoms with Gasteiger partial charge in [0.1, 0.15) is 0 Å². The number of hydrogen-bond donors (Lipinski definition) is 1. The molecule has 6 heteroatoms. The van der Waals surface area contributed by atoms with Crippen molar-refractivity contribution in [1.29, 1.82) is 0 Å². The molecule has 0 aliphatic carbocycles. The van der Waals surface area contributed by atoms with Gasteiger partial charge in [-0.3, -0.25) is 9.59 Å². The van der Waals surface area contributed by atoms with Crippen LogP contribution in [0.2, 0.25) is 0 Å². The molecule has 0 bridgehead atoms. The maximum Gasteiger partial charge on any atom is 0.408 e. The minimum atomic E-state index is -0.929. The molecule has 0 fully saturated rings. The topological polar surface area (TPSA) is 78.6 Å². The summed E-state index contributed by atoms with van der Waals surface area (Å²) in [7, 11) is 1.74. The summed E-state index contributed by atoms with van der Waals surface area (Å²) >= 11 is 0. The summed E-state index contributed by atoms with van der Waals surface area (Å²) in [5.41, 5.74) is 0. The molecule has 0 aromatic rings. The quantitative estimate of drug-likeness (QED) is 0.401. The molecule has 0 saturated heterocycles. The molecule has 0 heterocycles. The number of carbonyl (C=O) groups is 2. The van der Waals surface area contributed by atoms with Gasteiger partial charge in [-0.05, 0) is 0 Å². The first-order chi connectivity index (χ1) is 4.20. The highest BCUT2D eigenvalue weighted by Gasteiger charge is 2.13. The van der Waals surface area contributed by atoms with E-state index in [2.05, 4.69) is 15.5 Å². The van der Waals surface area contributed by atoms with Gasteiger partial charge in [0.2, 0.25) is 0 Å². The van der Waals surface area contributed by atoms with Crippen molar-refractivity contribution >= 4 is 19.0 Å². The third-order valence-electron chi connectivity index (χ3n) is 0.553. The molecule has 0 unspecified atom stereocenters. The van der Waals surface area contributed by atoms with Gasteiger partial charge in [-0.1, -0.05) is 0 Å². The van der Waals surface area contributed by atoms with Crippen LogP contribution in [-0.2, 0) is 9.57 Å². The average Bonchev–Trinajstić information content (AvgIpc) is 1.87. The van der Waals surface area contributed by atoms with Crippen LogP contribution in [0.1, 0.15) is 0 Å². The molecule has 0 aliphatic rings. The SMILES string of the molecule is COC(=O)[B]C(=O)ON. The van der Waals surface area contributed by atoms with E-state index in [4.69, 9.17) is 0 Å². The van der Waals surface area contributed by atoms with E-state index in [1.54, 1.807) is 0 Å². The van der Waals surface area contributed by atoms with Gasteiger partial charge in [-0.15, -0.1) is 0 Å². The van der Waals surface area contributed by atoms with Crippen molar-refractivity contribution in [2.75, 3.05) is 7.11 Å². The smallest absolute Gasteiger partial charge is 0.408 e. The lowest BCUT2D eigenvalue weighted by Crippen LogP contribution is -2.23. The van der Waals surface area contributed by atoms with Crippen LogP contribution in [0, 0.1) is 0 Å². The van der Waals surface area contributed by atoms with Gasteiger partial charge in [0, 0.05) is 0 Å². The molecule has 0 spiro atoms.